The number of nitrogens with zero attached hydrogens (tertiary/aromatic N) is 1. The lowest BCUT2D eigenvalue weighted by Gasteiger charge is -2.18. The van der Waals surface area contributed by atoms with Crippen LogP contribution in [0.5, 0.6) is 5.75 Å². The van der Waals surface area contributed by atoms with Crippen LogP contribution in [0.1, 0.15) is 17.5 Å². The van der Waals surface area contributed by atoms with Gasteiger partial charge in [-0.2, -0.15) is 13.2 Å². The molecule has 2 amide bonds. The summed E-state index contributed by atoms with van der Waals surface area (Å²) in [5.74, 6) is -1.61. The minimum Gasteiger partial charge on any atom is -0.484 e. The Morgan fingerprint density at radius 2 is 1.86 bits per heavy atom. The molecule has 1 saturated heterocycles. The van der Waals surface area contributed by atoms with Crippen LogP contribution in [0.25, 0.3) is 0 Å². The van der Waals surface area contributed by atoms with Gasteiger partial charge in [0.05, 0.1) is 0 Å². The highest BCUT2D eigenvalue weighted by Gasteiger charge is 2.37. The second-order valence-electron chi connectivity index (χ2n) is 6.99. The van der Waals surface area contributed by atoms with Crippen molar-refractivity contribution in [1.82, 2.24) is 0 Å². The molecule has 3 rings (SSSR count). The van der Waals surface area contributed by atoms with E-state index in [1.165, 1.54) is 12.1 Å². The van der Waals surface area contributed by atoms with Crippen molar-refractivity contribution in [2.75, 3.05) is 23.4 Å². The van der Waals surface area contributed by atoms with Crippen molar-refractivity contribution in [1.29, 1.82) is 0 Å². The predicted octanol–water partition coefficient (Wildman–Crippen LogP) is 4.24. The summed E-state index contributed by atoms with van der Waals surface area (Å²) in [5.41, 5.74) is 2.48. The first kappa shape index (κ1) is 20.7. The first-order chi connectivity index (χ1) is 13.7. The van der Waals surface area contributed by atoms with Crippen LogP contribution in [0, 0.1) is 19.8 Å². The molecule has 1 aliphatic rings. The van der Waals surface area contributed by atoms with Crippen molar-refractivity contribution in [3.05, 3.63) is 53.6 Å². The highest BCUT2D eigenvalue weighted by Crippen LogP contribution is 2.30. The number of anilines is 2. The lowest BCUT2D eigenvalue weighted by molar-refractivity contribution is -0.153. The molecule has 0 radical (unpaired) electrons. The fourth-order valence-electron chi connectivity index (χ4n) is 3.19. The van der Waals surface area contributed by atoms with Gasteiger partial charge in [0.1, 0.15) is 11.7 Å². The van der Waals surface area contributed by atoms with E-state index in [1.54, 1.807) is 17.9 Å². The van der Waals surface area contributed by atoms with Crippen LogP contribution in [0.3, 0.4) is 0 Å². The number of hydrogen-bond donors (Lipinski definition) is 1. The molecule has 5 nitrogen and oxygen atoms in total. The molecule has 0 aliphatic carbocycles. The summed E-state index contributed by atoms with van der Waals surface area (Å²) in [4.78, 5) is 26.9. The fourth-order valence-corrected chi connectivity index (χ4v) is 3.19. The monoisotopic (exact) mass is 406 g/mol. The van der Waals surface area contributed by atoms with Gasteiger partial charge in [-0.3, -0.25) is 9.59 Å². The predicted molar refractivity (Wildman–Crippen MR) is 103 cm³/mol. The Labute approximate surface area is 166 Å². The molecule has 0 aromatic heterocycles. The lowest BCUT2D eigenvalue weighted by atomic mass is 10.1. The first-order valence-corrected chi connectivity index (χ1v) is 9.14. The van der Waals surface area contributed by atoms with E-state index in [1.807, 2.05) is 31.2 Å². The zero-order valence-electron chi connectivity index (χ0n) is 16.0. The number of carbonyl (C=O) groups excluding carboxylic acids is 2. The molecular weight excluding hydrogens is 385 g/mol. The average molecular weight is 406 g/mol. The summed E-state index contributed by atoms with van der Waals surface area (Å²) < 4.78 is 42.0. The largest absolute Gasteiger partial charge is 0.484 e. The minimum atomic E-state index is -4.46. The summed E-state index contributed by atoms with van der Waals surface area (Å²) >= 11 is 0. The van der Waals surface area contributed by atoms with Crippen LogP contribution in [0.2, 0.25) is 0 Å². The first-order valence-electron chi connectivity index (χ1n) is 9.14. The SMILES string of the molecule is Cc1ccc(N2CCC(C(=O)Nc3cccc(OCC(F)(F)F)c3C)C2=O)cc1. The van der Waals surface area contributed by atoms with Crippen LogP contribution in [0.4, 0.5) is 24.5 Å². The van der Waals surface area contributed by atoms with E-state index in [0.717, 1.165) is 11.3 Å². The number of ether oxygens (including phenoxy) is 1. The van der Waals surface area contributed by atoms with Crippen molar-refractivity contribution in [3.8, 4) is 5.75 Å². The van der Waals surface area contributed by atoms with Crippen LogP contribution in [0.15, 0.2) is 42.5 Å². The number of nitrogens with one attached hydrogen (secondary N) is 1. The van der Waals surface area contributed by atoms with E-state index in [4.69, 9.17) is 4.74 Å². The standard InChI is InChI=1S/C21H21F3N2O3/c1-13-6-8-15(9-7-13)26-11-10-16(20(26)28)19(27)25-17-4-3-5-18(14(17)2)29-12-21(22,23)24/h3-9,16H,10-12H2,1-2H3,(H,25,27). The molecule has 2 aromatic rings. The summed E-state index contributed by atoms with van der Waals surface area (Å²) in [5, 5.41) is 2.65. The summed E-state index contributed by atoms with van der Waals surface area (Å²) in [6, 6.07) is 11.9. The van der Waals surface area contributed by atoms with E-state index < -0.39 is 24.6 Å². The van der Waals surface area contributed by atoms with Crippen molar-refractivity contribution in [2.45, 2.75) is 26.4 Å². The second-order valence-corrected chi connectivity index (χ2v) is 6.99. The molecule has 1 atom stereocenters. The molecule has 1 heterocycles. The summed E-state index contributed by atoms with van der Waals surface area (Å²) in [7, 11) is 0. The van der Waals surface area contributed by atoms with Crippen molar-refractivity contribution in [3.63, 3.8) is 0 Å². The van der Waals surface area contributed by atoms with Crippen LogP contribution < -0.4 is 15.0 Å². The minimum absolute atomic E-state index is 0.0270. The Morgan fingerprint density at radius 1 is 1.17 bits per heavy atom. The van der Waals surface area contributed by atoms with Gasteiger partial charge in [0.25, 0.3) is 0 Å². The van der Waals surface area contributed by atoms with Gasteiger partial charge in [-0.05, 0) is 44.5 Å². The number of carbonyl (C=O) groups is 2. The zero-order chi connectivity index (χ0) is 21.2. The molecule has 1 unspecified atom stereocenters. The third kappa shape index (κ3) is 4.88. The van der Waals surface area contributed by atoms with Crippen molar-refractivity contribution in [2.24, 2.45) is 5.92 Å². The van der Waals surface area contributed by atoms with Crippen LogP contribution in [-0.2, 0) is 9.59 Å². The van der Waals surface area contributed by atoms with Crippen molar-refractivity contribution >= 4 is 23.2 Å². The number of benzene rings is 2. The van der Waals surface area contributed by atoms with Gasteiger partial charge in [-0.15, -0.1) is 0 Å². The molecule has 0 spiro atoms. The second kappa shape index (κ2) is 8.14. The third-order valence-electron chi connectivity index (χ3n) is 4.80. The van der Waals surface area contributed by atoms with E-state index in [9.17, 15) is 22.8 Å². The van der Waals surface area contributed by atoms with Gasteiger partial charge in [0.2, 0.25) is 11.8 Å². The quantitative estimate of drug-likeness (QED) is 0.756. The molecule has 8 heteroatoms. The smallest absolute Gasteiger partial charge is 0.422 e. The van der Waals surface area contributed by atoms with E-state index >= 15 is 0 Å². The number of hydrogen-bond acceptors (Lipinski definition) is 3. The van der Waals surface area contributed by atoms with Gasteiger partial charge >= 0.3 is 6.18 Å². The zero-order valence-corrected chi connectivity index (χ0v) is 16.0. The molecule has 1 fully saturated rings. The Balaban J connectivity index is 1.69. The molecule has 1 aliphatic heterocycles. The number of rotatable bonds is 5. The van der Waals surface area contributed by atoms with E-state index in [2.05, 4.69) is 5.32 Å². The molecule has 154 valence electrons. The molecular formula is C21H21F3N2O3. The highest BCUT2D eigenvalue weighted by atomic mass is 19.4. The normalized spacial score (nSPS) is 16.8. The topological polar surface area (TPSA) is 58.6 Å². The molecule has 0 saturated carbocycles. The Morgan fingerprint density at radius 3 is 2.52 bits per heavy atom. The Kier molecular flexibility index (Phi) is 5.81. The number of amides is 2. The summed E-state index contributed by atoms with van der Waals surface area (Å²) in [6.07, 6.45) is -4.09. The molecule has 1 N–H and O–H groups in total. The average Bonchev–Trinajstić information content (AvgIpc) is 3.04. The Bertz CT molecular complexity index is 910. The van der Waals surface area contributed by atoms with Gasteiger partial charge in [-0.25, -0.2) is 0 Å². The van der Waals surface area contributed by atoms with Gasteiger partial charge in [0, 0.05) is 23.5 Å². The van der Waals surface area contributed by atoms with Gasteiger partial charge in [0.15, 0.2) is 6.61 Å². The maximum Gasteiger partial charge on any atom is 0.422 e. The number of halogens is 3. The maximum absolute atomic E-state index is 12.7. The lowest BCUT2D eigenvalue weighted by Crippen LogP contribution is -2.33. The van der Waals surface area contributed by atoms with E-state index in [0.29, 0.717) is 24.2 Å². The third-order valence-corrected chi connectivity index (χ3v) is 4.80. The molecule has 0 bridgehead atoms. The van der Waals surface area contributed by atoms with Gasteiger partial charge in [-0.1, -0.05) is 23.8 Å². The molecule has 2 aromatic carbocycles. The number of alkyl halides is 3. The fraction of sp³-hybridized carbons (Fsp3) is 0.333. The Hall–Kier alpha value is -3.03. The number of aryl methyl sites for hydroxylation is 1. The van der Waals surface area contributed by atoms with Crippen molar-refractivity contribution < 1.29 is 27.5 Å². The molecule has 29 heavy (non-hydrogen) atoms. The van der Waals surface area contributed by atoms with Crippen LogP contribution in [-0.4, -0.2) is 31.1 Å². The van der Waals surface area contributed by atoms with Crippen LogP contribution >= 0.6 is 0 Å². The highest BCUT2D eigenvalue weighted by molar-refractivity contribution is 6.13. The van der Waals surface area contributed by atoms with E-state index in [-0.39, 0.29) is 11.7 Å². The van der Waals surface area contributed by atoms with Gasteiger partial charge < -0.3 is 15.0 Å². The summed E-state index contributed by atoms with van der Waals surface area (Å²) in [6.45, 7) is 2.50. The maximum atomic E-state index is 12.7.